The number of amides is 1. The second-order valence-electron chi connectivity index (χ2n) is 6.34. The molecule has 0 radical (unpaired) electrons. The Morgan fingerprint density at radius 2 is 1.90 bits per heavy atom. The van der Waals surface area contributed by atoms with E-state index in [1.807, 2.05) is 6.92 Å². The summed E-state index contributed by atoms with van der Waals surface area (Å²) < 4.78 is 5.32. The topological polar surface area (TPSA) is 66.8 Å². The lowest BCUT2D eigenvalue weighted by Gasteiger charge is -2.32. The van der Waals surface area contributed by atoms with Gasteiger partial charge >= 0.3 is 5.97 Å². The van der Waals surface area contributed by atoms with Crippen LogP contribution >= 0.6 is 0 Å². The van der Waals surface area contributed by atoms with Crippen LogP contribution in [0.15, 0.2) is 0 Å². The highest BCUT2D eigenvalue weighted by Crippen LogP contribution is 2.28. The van der Waals surface area contributed by atoms with E-state index in [1.165, 1.54) is 19.3 Å². The van der Waals surface area contributed by atoms with Crippen molar-refractivity contribution in [3.8, 4) is 0 Å². The summed E-state index contributed by atoms with van der Waals surface area (Å²) in [4.78, 5) is 25.7. The molecule has 2 fully saturated rings. The van der Waals surface area contributed by atoms with Crippen molar-refractivity contribution < 1.29 is 19.4 Å². The van der Waals surface area contributed by atoms with Crippen molar-refractivity contribution in [2.75, 3.05) is 19.8 Å². The molecule has 2 unspecified atom stereocenters. The first kappa shape index (κ1) is 16.3. The molecule has 5 heteroatoms. The molecule has 0 spiro atoms. The van der Waals surface area contributed by atoms with Gasteiger partial charge in [0, 0.05) is 13.0 Å². The number of carboxylic acids is 1. The van der Waals surface area contributed by atoms with E-state index in [4.69, 9.17) is 4.74 Å². The standard InChI is InChI=1S/C16H27NO4/c1-2-8-17(14-11-21-10-13(14)16(19)20)15(18)9-12-6-4-3-5-7-12/h12-14H,2-11H2,1H3,(H,19,20). The van der Waals surface area contributed by atoms with Gasteiger partial charge in [-0.3, -0.25) is 9.59 Å². The minimum atomic E-state index is -0.857. The van der Waals surface area contributed by atoms with E-state index in [2.05, 4.69) is 0 Å². The molecule has 120 valence electrons. The van der Waals surface area contributed by atoms with Crippen LogP contribution in [-0.2, 0) is 14.3 Å². The Hall–Kier alpha value is -1.10. The summed E-state index contributed by atoms with van der Waals surface area (Å²) in [7, 11) is 0. The zero-order valence-corrected chi connectivity index (χ0v) is 12.9. The van der Waals surface area contributed by atoms with Crippen LogP contribution in [0.1, 0.15) is 51.9 Å². The molecule has 5 nitrogen and oxygen atoms in total. The first-order valence-electron chi connectivity index (χ1n) is 8.23. The molecular weight excluding hydrogens is 270 g/mol. The fourth-order valence-electron chi connectivity index (χ4n) is 3.56. The number of nitrogens with zero attached hydrogens (tertiary/aromatic N) is 1. The molecule has 1 N–H and O–H groups in total. The molecular formula is C16H27NO4. The molecule has 2 rings (SSSR count). The van der Waals surface area contributed by atoms with E-state index in [-0.39, 0.29) is 18.6 Å². The summed E-state index contributed by atoms with van der Waals surface area (Å²) in [6, 6.07) is -0.293. The Kier molecular flexibility index (Phi) is 6.03. The van der Waals surface area contributed by atoms with Gasteiger partial charge in [-0.2, -0.15) is 0 Å². The van der Waals surface area contributed by atoms with E-state index in [0.717, 1.165) is 19.3 Å². The number of aliphatic carboxylic acids is 1. The summed E-state index contributed by atoms with van der Waals surface area (Å²) in [6.07, 6.45) is 7.40. The lowest BCUT2D eigenvalue weighted by atomic mass is 9.86. The Morgan fingerprint density at radius 3 is 2.52 bits per heavy atom. The maximum atomic E-state index is 12.6. The predicted octanol–water partition coefficient (Wildman–Crippen LogP) is 2.29. The lowest BCUT2D eigenvalue weighted by molar-refractivity contribution is -0.145. The molecule has 0 aromatic rings. The average Bonchev–Trinajstić information content (AvgIpc) is 2.95. The number of carbonyl (C=O) groups is 2. The Morgan fingerprint density at radius 1 is 1.19 bits per heavy atom. The maximum Gasteiger partial charge on any atom is 0.311 e. The monoisotopic (exact) mass is 297 g/mol. The highest BCUT2D eigenvalue weighted by Gasteiger charge is 2.39. The predicted molar refractivity (Wildman–Crippen MR) is 78.9 cm³/mol. The van der Waals surface area contributed by atoms with Crippen molar-refractivity contribution in [1.29, 1.82) is 0 Å². The zero-order valence-electron chi connectivity index (χ0n) is 12.9. The van der Waals surface area contributed by atoms with Gasteiger partial charge in [0.15, 0.2) is 0 Å². The summed E-state index contributed by atoms with van der Waals surface area (Å²) in [5.41, 5.74) is 0. The van der Waals surface area contributed by atoms with Gasteiger partial charge in [-0.05, 0) is 25.2 Å². The highest BCUT2D eigenvalue weighted by atomic mass is 16.5. The number of hydrogen-bond donors (Lipinski definition) is 1. The molecule has 0 bridgehead atoms. The Balaban J connectivity index is 1.99. The van der Waals surface area contributed by atoms with Gasteiger partial charge in [0.25, 0.3) is 0 Å². The van der Waals surface area contributed by atoms with E-state index < -0.39 is 11.9 Å². The fraction of sp³-hybridized carbons (Fsp3) is 0.875. The van der Waals surface area contributed by atoms with Crippen LogP contribution in [0.25, 0.3) is 0 Å². The summed E-state index contributed by atoms with van der Waals surface area (Å²) >= 11 is 0. The van der Waals surface area contributed by atoms with Crippen molar-refractivity contribution in [2.45, 2.75) is 57.9 Å². The van der Waals surface area contributed by atoms with Crippen LogP contribution in [0.5, 0.6) is 0 Å². The Labute approximate surface area is 126 Å². The molecule has 0 aromatic heterocycles. The van der Waals surface area contributed by atoms with E-state index in [0.29, 0.717) is 25.5 Å². The minimum absolute atomic E-state index is 0.116. The normalized spacial score (nSPS) is 26.7. The summed E-state index contributed by atoms with van der Waals surface area (Å²) in [5.74, 6) is -0.836. The van der Waals surface area contributed by atoms with Crippen LogP contribution in [-0.4, -0.2) is 47.7 Å². The third-order valence-electron chi connectivity index (χ3n) is 4.74. The van der Waals surface area contributed by atoms with Crippen molar-refractivity contribution in [1.82, 2.24) is 4.90 Å². The Bertz CT molecular complexity index is 365. The first-order chi connectivity index (χ1) is 10.1. The van der Waals surface area contributed by atoms with Crippen molar-refractivity contribution in [3.05, 3.63) is 0 Å². The zero-order chi connectivity index (χ0) is 15.2. The molecule has 21 heavy (non-hydrogen) atoms. The number of ether oxygens (including phenoxy) is 1. The number of carboxylic acid groups (broad SMARTS) is 1. The number of rotatable bonds is 6. The molecule has 0 aromatic carbocycles. The van der Waals surface area contributed by atoms with Gasteiger partial charge in [-0.25, -0.2) is 0 Å². The molecule has 2 atom stereocenters. The minimum Gasteiger partial charge on any atom is -0.481 e. The molecule has 1 amide bonds. The quantitative estimate of drug-likeness (QED) is 0.817. The van der Waals surface area contributed by atoms with Gasteiger partial charge in [0.05, 0.1) is 19.3 Å². The van der Waals surface area contributed by atoms with E-state index in [1.54, 1.807) is 4.90 Å². The highest BCUT2D eigenvalue weighted by molar-refractivity contribution is 5.79. The van der Waals surface area contributed by atoms with Crippen molar-refractivity contribution >= 4 is 11.9 Å². The first-order valence-corrected chi connectivity index (χ1v) is 8.23. The third-order valence-corrected chi connectivity index (χ3v) is 4.74. The molecule has 1 saturated heterocycles. The van der Waals surface area contributed by atoms with E-state index >= 15 is 0 Å². The smallest absolute Gasteiger partial charge is 0.311 e. The van der Waals surface area contributed by atoms with Gasteiger partial charge in [0.2, 0.25) is 5.91 Å². The van der Waals surface area contributed by atoms with Crippen molar-refractivity contribution in [3.63, 3.8) is 0 Å². The van der Waals surface area contributed by atoms with E-state index in [9.17, 15) is 14.7 Å². The van der Waals surface area contributed by atoms with Crippen molar-refractivity contribution in [2.24, 2.45) is 11.8 Å². The van der Waals surface area contributed by atoms with Gasteiger partial charge in [-0.1, -0.05) is 26.2 Å². The number of hydrogen-bond acceptors (Lipinski definition) is 3. The fourth-order valence-corrected chi connectivity index (χ4v) is 3.56. The second kappa shape index (κ2) is 7.78. The van der Waals surface area contributed by atoms with Crippen LogP contribution in [0, 0.1) is 11.8 Å². The van der Waals surface area contributed by atoms with Crippen LogP contribution in [0.4, 0.5) is 0 Å². The molecule has 1 heterocycles. The molecule has 2 aliphatic rings. The molecule has 1 aliphatic heterocycles. The lowest BCUT2D eigenvalue weighted by Crippen LogP contribution is -2.47. The van der Waals surface area contributed by atoms with Crippen LogP contribution < -0.4 is 0 Å². The number of carbonyl (C=O) groups excluding carboxylic acids is 1. The summed E-state index contributed by atoms with van der Waals surface area (Å²) in [6.45, 7) is 3.22. The maximum absolute atomic E-state index is 12.6. The van der Waals surface area contributed by atoms with Crippen LogP contribution in [0.2, 0.25) is 0 Å². The summed E-state index contributed by atoms with van der Waals surface area (Å²) in [5, 5.41) is 9.29. The largest absolute Gasteiger partial charge is 0.481 e. The van der Waals surface area contributed by atoms with Gasteiger partial charge in [0.1, 0.15) is 5.92 Å². The molecule has 1 aliphatic carbocycles. The van der Waals surface area contributed by atoms with Gasteiger partial charge < -0.3 is 14.7 Å². The molecule has 1 saturated carbocycles. The SMILES string of the molecule is CCCN(C(=O)CC1CCCCC1)C1COCC1C(=O)O. The third kappa shape index (κ3) is 4.19. The second-order valence-corrected chi connectivity index (χ2v) is 6.34. The van der Waals surface area contributed by atoms with Gasteiger partial charge in [-0.15, -0.1) is 0 Å². The van der Waals surface area contributed by atoms with Crippen LogP contribution in [0.3, 0.4) is 0 Å². The average molecular weight is 297 g/mol.